The molecular formula is C15H24N4O2S. The fraction of sp³-hybridized carbons (Fsp3) is 0.667. The normalized spacial score (nSPS) is 19.1. The molecule has 6 nitrogen and oxygen atoms in total. The molecular weight excluding hydrogens is 300 g/mol. The zero-order chi connectivity index (χ0) is 15.9. The number of hydrogen-bond donors (Lipinski definition) is 1. The molecule has 1 aromatic heterocycles. The molecule has 1 N–H and O–H groups in total. The summed E-state index contributed by atoms with van der Waals surface area (Å²) in [6.45, 7) is 6.57. The van der Waals surface area contributed by atoms with E-state index in [1.54, 1.807) is 18.4 Å². The first-order valence-corrected chi connectivity index (χ1v) is 8.49. The number of thiazole rings is 1. The van der Waals surface area contributed by atoms with Gasteiger partial charge in [-0.25, -0.2) is 4.98 Å². The number of ether oxygens (including phenoxy) is 1. The second-order valence-corrected chi connectivity index (χ2v) is 6.60. The topological polar surface area (TPSA) is 66.8 Å². The lowest BCUT2D eigenvalue weighted by molar-refractivity contribution is -0.149. The molecule has 1 aromatic rings. The van der Waals surface area contributed by atoms with Crippen LogP contribution in [0.2, 0.25) is 0 Å². The van der Waals surface area contributed by atoms with Crippen LogP contribution in [0.15, 0.2) is 11.2 Å². The smallest absolute Gasteiger partial charge is 0.310 e. The van der Waals surface area contributed by atoms with Crippen LogP contribution >= 0.6 is 11.3 Å². The van der Waals surface area contributed by atoms with Crippen molar-refractivity contribution in [3.63, 3.8) is 0 Å². The number of guanidine groups is 1. The van der Waals surface area contributed by atoms with Crippen LogP contribution in [0.25, 0.3) is 0 Å². The number of aliphatic imine (C=N–C) groups is 1. The van der Waals surface area contributed by atoms with Crippen molar-refractivity contribution in [3.05, 3.63) is 16.1 Å². The van der Waals surface area contributed by atoms with Crippen LogP contribution < -0.4 is 5.32 Å². The molecule has 1 fully saturated rings. The summed E-state index contributed by atoms with van der Waals surface area (Å²) >= 11 is 1.68. The number of piperidine rings is 1. The molecule has 0 bridgehead atoms. The van der Waals surface area contributed by atoms with E-state index in [4.69, 9.17) is 4.74 Å². The molecule has 1 aliphatic rings. The average molecular weight is 324 g/mol. The van der Waals surface area contributed by atoms with Gasteiger partial charge < -0.3 is 15.0 Å². The van der Waals surface area contributed by atoms with Crippen LogP contribution in [0.4, 0.5) is 0 Å². The third kappa shape index (κ3) is 4.43. The quantitative estimate of drug-likeness (QED) is 0.520. The summed E-state index contributed by atoms with van der Waals surface area (Å²) in [5.74, 6) is 0.679. The Labute approximate surface area is 135 Å². The number of hydrogen-bond acceptors (Lipinski definition) is 5. The Morgan fingerprint density at radius 1 is 1.64 bits per heavy atom. The molecule has 1 atom stereocenters. The van der Waals surface area contributed by atoms with E-state index in [1.165, 1.54) is 4.88 Å². The number of nitrogens with one attached hydrogen (secondary N) is 1. The summed E-state index contributed by atoms with van der Waals surface area (Å²) < 4.78 is 5.14. The summed E-state index contributed by atoms with van der Waals surface area (Å²) in [6, 6.07) is 0. The van der Waals surface area contributed by atoms with Crippen molar-refractivity contribution in [2.75, 3.05) is 26.7 Å². The SMILES string of the molecule is CCOC(=O)C1CCCN(C(=NC)NCc2cnc(C)s2)C1. The van der Waals surface area contributed by atoms with Crippen molar-refractivity contribution in [1.82, 2.24) is 15.2 Å². The zero-order valence-electron chi connectivity index (χ0n) is 13.5. The zero-order valence-corrected chi connectivity index (χ0v) is 14.3. The summed E-state index contributed by atoms with van der Waals surface area (Å²) in [5, 5.41) is 4.42. The van der Waals surface area contributed by atoms with E-state index in [0.717, 1.165) is 30.4 Å². The molecule has 0 radical (unpaired) electrons. The lowest BCUT2D eigenvalue weighted by atomic mass is 9.98. The maximum Gasteiger partial charge on any atom is 0.310 e. The summed E-state index contributed by atoms with van der Waals surface area (Å²) in [4.78, 5) is 23.8. The number of esters is 1. The van der Waals surface area contributed by atoms with Crippen molar-refractivity contribution in [2.45, 2.75) is 33.2 Å². The van der Waals surface area contributed by atoms with Gasteiger partial charge >= 0.3 is 5.97 Å². The van der Waals surface area contributed by atoms with E-state index in [-0.39, 0.29) is 11.9 Å². The first kappa shape index (κ1) is 16.7. The van der Waals surface area contributed by atoms with Gasteiger partial charge in [0.05, 0.1) is 24.1 Å². The molecule has 7 heteroatoms. The Bertz CT molecular complexity index is 529. The standard InChI is InChI=1S/C15H24N4O2S/c1-4-21-14(20)12-6-5-7-19(10-12)15(16-3)18-9-13-8-17-11(2)22-13/h8,12H,4-7,9-10H2,1-3H3,(H,16,18). The van der Waals surface area contributed by atoms with Gasteiger partial charge in [-0.1, -0.05) is 0 Å². The van der Waals surface area contributed by atoms with Gasteiger partial charge in [0, 0.05) is 31.2 Å². The van der Waals surface area contributed by atoms with Crippen molar-refractivity contribution in [2.24, 2.45) is 10.9 Å². The van der Waals surface area contributed by atoms with Gasteiger partial charge in [-0.3, -0.25) is 9.79 Å². The van der Waals surface area contributed by atoms with Gasteiger partial charge in [0.25, 0.3) is 0 Å². The van der Waals surface area contributed by atoms with E-state index in [2.05, 4.69) is 20.2 Å². The highest BCUT2D eigenvalue weighted by Gasteiger charge is 2.28. The molecule has 1 saturated heterocycles. The highest BCUT2D eigenvalue weighted by Crippen LogP contribution is 2.18. The predicted octanol–water partition coefficient (Wildman–Crippen LogP) is 1.80. The van der Waals surface area contributed by atoms with Crippen LogP contribution in [0, 0.1) is 12.8 Å². The monoisotopic (exact) mass is 324 g/mol. The molecule has 0 aromatic carbocycles. The number of aryl methyl sites for hydroxylation is 1. The Kier molecular flexibility index (Phi) is 6.18. The van der Waals surface area contributed by atoms with Crippen LogP contribution in [0.3, 0.4) is 0 Å². The lowest BCUT2D eigenvalue weighted by Crippen LogP contribution is -2.48. The number of nitrogens with zero attached hydrogens (tertiary/aromatic N) is 3. The molecule has 22 heavy (non-hydrogen) atoms. The highest BCUT2D eigenvalue weighted by molar-refractivity contribution is 7.11. The van der Waals surface area contributed by atoms with Gasteiger partial charge in [-0.15, -0.1) is 11.3 Å². The summed E-state index contributed by atoms with van der Waals surface area (Å²) in [5.41, 5.74) is 0. The van der Waals surface area contributed by atoms with Crippen LogP contribution in [0.5, 0.6) is 0 Å². The third-order valence-electron chi connectivity index (χ3n) is 3.64. The van der Waals surface area contributed by atoms with Crippen LogP contribution in [-0.2, 0) is 16.1 Å². The number of carbonyl (C=O) groups excluding carboxylic acids is 1. The second kappa shape index (κ2) is 8.12. The van der Waals surface area contributed by atoms with Crippen molar-refractivity contribution in [1.29, 1.82) is 0 Å². The Balaban J connectivity index is 1.91. The molecule has 2 heterocycles. The van der Waals surface area contributed by atoms with E-state index < -0.39 is 0 Å². The summed E-state index contributed by atoms with van der Waals surface area (Å²) in [7, 11) is 1.77. The van der Waals surface area contributed by atoms with Crippen LogP contribution in [0.1, 0.15) is 29.7 Å². The Hall–Kier alpha value is -1.63. The van der Waals surface area contributed by atoms with Gasteiger partial charge in [0.2, 0.25) is 0 Å². The van der Waals surface area contributed by atoms with Gasteiger partial charge in [0.15, 0.2) is 5.96 Å². The maximum atomic E-state index is 11.9. The van der Waals surface area contributed by atoms with Gasteiger partial charge in [-0.2, -0.15) is 0 Å². The first-order chi connectivity index (χ1) is 10.6. The average Bonchev–Trinajstić information content (AvgIpc) is 2.94. The van der Waals surface area contributed by atoms with Crippen LogP contribution in [-0.4, -0.2) is 48.6 Å². The van der Waals surface area contributed by atoms with Crippen molar-refractivity contribution in [3.8, 4) is 0 Å². The van der Waals surface area contributed by atoms with E-state index >= 15 is 0 Å². The van der Waals surface area contributed by atoms with Gasteiger partial charge in [0.1, 0.15) is 0 Å². The fourth-order valence-corrected chi connectivity index (χ4v) is 3.34. The minimum atomic E-state index is -0.0965. The van der Waals surface area contributed by atoms with E-state index in [0.29, 0.717) is 19.7 Å². The van der Waals surface area contributed by atoms with Gasteiger partial charge in [-0.05, 0) is 26.7 Å². The largest absolute Gasteiger partial charge is 0.466 e. The lowest BCUT2D eigenvalue weighted by Gasteiger charge is -2.33. The molecule has 0 amide bonds. The molecule has 1 aliphatic heterocycles. The molecule has 0 spiro atoms. The minimum Gasteiger partial charge on any atom is -0.466 e. The van der Waals surface area contributed by atoms with Crippen molar-refractivity contribution >= 4 is 23.3 Å². The number of aromatic nitrogens is 1. The molecule has 122 valence electrons. The molecule has 1 unspecified atom stereocenters. The number of rotatable bonds is 4. The molecule has 0 aliphatic carbocycles. The predicted molar refractivity (Wildman–Crippen MR) is 88.0 cm³/mol. The Morgan fingerprint density at radius 2 is 2.45 bits per heavy atom. The molecule has 2 rings (SSSR count). The Morgan fingerprint density at radius 3 is 3.09 bits per heavy atom. The second-order valence-electron chi connectivity index (χ2n) is 5.28. The number of likely N-dealkylation sites (tertiary alicyclic amines) is 1. The maximum absolute atomic E-state index is 11.9. The summed E-state index contributed by atoms with van der Waals surface area (Å²) in [6.07, 6.45) is 3.75. The first-order valence-electron chi connectivity index (χ1n) is 7.67. The van der Waals surface area contributed by atoms with E-state index in [1.807, 2.05) is 20.0 Å². The minimum absolute atomic E-state index is 0.0575. The number of carbonyl (C=O) groups is 1. The third-order valence-corrected chi connectivity index (χ3v) is 4.56. The van der Waals surface area contributed by atoms with Crippen molar-refractivity contribution < 1.29 is 9.53 Å². The molecule has 0 saturated carbocycles. The highest BCUT2D eigenvalue weighted by atomic mass is 32.1. The van der Waals surface area contributed by atoms with E-state index in [9.17, 15) is 4.79 Å². The fourth-order valence-electron chi connectivity index (χ4n) is 2.61.